The maximum Gasteiger partial charge on any atom is 0.262 e. The number of aromatic nitrogens is 3. The monoisotopic (exact) mass is 580 g/mol. The van der Waals surface area contributed by atoms with Gasteiger partial charge in [0.15, 0.2) is 16.9 Å². The molecule has 41 heavy (non-hydrogen) atoms. The minimum atomic E-state index is -0.234. The molecule has 1 amide bonds. The van der Waals surface area contributed by atoms with E-state index in [1.807, 2.05) is 84.4 Å². The van der Waals surface area contributed by atoms with Crippen molar-refractivity contribution in [1.29, 1.82) is 0 Å². The maximum absolute atomic E-state index is 12.5. The zero-order valence-electron chi connectivity index (χ0n) is 22.5. The molecule has 2 N–H and O–H groups in total. The van der Waals surface area contributed by atoms with Crippen LogP contribution in [0.1, 0.15) is 34.7 Å². The number of pyridine rings is 1. The number of rotatable bonds is 8. The molecule has 0 saturated carbocycles. The summed E-state index contributed by atoms with van der Waals surface area (Å²) in [6.07, 6.45) is 3.62. The van der Waals surface area contributed by atoms with E-state index in [0.29, 0.717) is 16.5 Å². The molecule has 1 fully saturated rings. The normalized spacial score (nSPS) is 16.4. The van der Waals surface area contributed by atoms with E-state index in [2.05, 4.69) is 50.0 Å². The Labute approximate surface area is 247 Å². The molecule has 5 aromatic rings. The smallest absolute Gasteiger partial charge is 0.262 e. The number of amides is 1. The van der Waals surface area contributed by atoms with Gasteiger partial charge in [0, 0.05) is 40.5 Å². The number of carbonyl (C=O) groups is 1. The molecule has 2 aromatic carbocycles. The molecule has 10 heteroatoms. The van der Waals surface area contributed by atoms with Gasteiger partial charge in [0.05, 0.1) is 17.8 Å². The highest BCUT2D eigenvalue weighted by atomic mass is 32.1. The fraction of sp³-hybridized carbons (Fsp3) is 0.161. The van der Waals surface area contributed by atoms with Crippen molar-refractivity contribution in [3.05, 3.63) is 119 Å². The first kappa shape index (κ1) is 26.7. The summed E-state index contributed by atoms with van der Waals surface area (Å²) < 4.78 is 7.75. The van der Waals surface area contributed by atoms with Crippen LogP contribution in [0.15, 0.2) is 96.6 Å². The second-order valence-electron chi connectivity index (χ2n) is 9.67. The van der Waals surface area contributed by atoms with Gasteiger partial charge in [0.25, 0.3) is 5.91 Å². The largest absolute Gasteiger partial charge is 0.484 e. The lowest BCUT2D eigenvalue weighted by molar-refractivity contribution is -0.118. The highest BCUT2D eigenvalue weighted by Crippen LogP contribution is 2.44. The molecule has 3 aromatic heterocycles. The number of thiazole rings is 1. The van der Waals surface area contributed by atoms with Crippen molar-refractivity contribution in [3.63, 3.8) is 0 Å². The van der Waals surface area contributed by atoms with Crippen molar-refractivity contribution < 1.29 is 9.53 Å². The number of nitrogens with one attached hydrogen (secondary N) is 2. The molecule has 206 valence electrons. The number of ether oxygens (including phenoxy) is 1. The highest BCUT2D eigenvalue weighted by molar-refractivity contribution is 7.80. The number of anilines is 2. The van der Waals surface area contributed by atoms with Gasteiger partial charge >= 0.3 is 0 Å². The minimum Gasteiger partial charge on any atom is -0.484 e. The van der Waals surface area contributed by atoms with Crippen LogP contribution < -0.4 is 20.3 Å². The Bertz CT molecular complexity index is 1650. The van der Waals surface area contributed by atoms with E-state index >= 15 is 0 Å². The van der Waals surface area contributed by atoms with Gasteiger partial charge in [-0.25, -0.2) is 4.98 Å². The Balaban J connectivity index is 1.29. The Morgan fingerprint density at radius 3 is 2.51 bits per heavy atom. The SMILES string of the molecule is Cc1cc(C2C(c3ccccn3)NC(=S)N2c2ccc(NC(=O)COc3ccccc3)cc2)c(C)n1-c1nccs1. The number of nitrogens with zero attached hydrogens (tertiary/aromatic N) is 4. The molecule has 6 rings (SSSR count). The molecule has 0 radical (unpaired) electrons. The molecule has 8 nitrogen and oxygen atoms in total. The summed E-state index contributed by atoms with van der Waals surface area (Å²) in [7, 11) is 0. The molecule has 2 unspecified atom stereocenters. The van der Waals surface area contributed by atoms with Crippen molar-refractivity contribution in [2.24, 2.45) is 0 Å². The van der Waals surface area contributed by atoms with Crippen LogP contribution in [-0.2, 0) is 4.79 Å². The third-order valence-corrected chi connectivity index (χ3v) is 8.11. The molecule has 0 aliphatic carbocycles. The Kier molecular flexibility index (Phi) is 7.49. The summed E-state index contributed by atoms with van der Waals surface area (Å²) in [5.41, 5.74) is 5.82. The van der Waals surface area contributed by atoms with Crippen LogP contribution in [0.5, 0.6) is 5.75 Å². The summed E-state index contributed by atoms with van der Waals surface area (Å²) >= 11 is 7.51. The van der Waals surface area contributed by atoms with Crippen molar-refractivity contribution >= 4 is 45.9 Å². The van der Waals surface area contributed by atoms with Gasteiger partial charge in [-0.1, -0.05) is 24.3 Å². The lowest BCUT2D eigenvalue weighted by atomic mass is 9.96. The van der Waals surface area contributed by atoms with Crippen LogP contribution in [0.2, 0.25) is 0 Å². The maximum atomic E-state index is 12.5. The third kappa shape index (κ3) is 5.44. The lowest BCUT2D eigenvalue weighted by Gasteiger charge is -2.28. The van der Waals surface area contributed by atoms with Crippen molar-refractivity contribution in [1.82, 2.24) is 19.9 Å². The number of benzene rings is 2. The number of carbonyl (C=O) groups excluding carboxylic acids is 1. The fourth-order valence-electron chi connectivity index (χ4n) is 5.22. The number of aryl methyl sites for hydroxylation is 1. The van der Waals surface area contributed by atoms with E-state index in [1.165, 1.54) is 0 Å². The average molecular weight is 581 g/mol. The molecule has 4 heterocycles. The second kappa shape index (κ2) is 11.5. The summed E-state index contributed by atoms with van der Waals surface area (Å²) in [6.45, 7) is 4.14. The van der Waals surface area contributed by atoms with E-state index in [-0.39, 0.29) is 24.6 Å². The molecule has 1 saturated heterocycles. The first-order valence-electron chi connectivity index (χ1n) is 13.2. The van der Waals surface area contributed by atoms with E-state index in [4.69, 9.17) is 17.0 Å². The third-order valence-electron chi connectivity index (χ3n) is 7.04. The van der Waals surface area contributed by atoms with Gasteiger partial charge in [-0.05, 0) is 86.2 Å². The molecule has 0 spiro atoms. The zero-order chi connectivity index (χ0) is 28.3. The van der Waals surface area contributed by atoms with E-state index < -0.39 is 0 Å². The topological polar surface area (TPSA) is 84.3 Å². The van der Waals surface area contributed by atoms with Crippen LogP contribution in [-0.4, -0.2) is 32.2 Å². The Morgan fingerprint density at radius 1 is 1.02 bits per heavy atom. The predicted octanol–water partition coefficient (Wildman–Crippen LogP) is 6.14. The molecule has 1 aliphatic heterocycles. The van der Waals surface area contributed by atoms with Crippen molar-refractivity contribution in [2.45, 2.75) is 25.9 Å². The van der Waals surface area contributed by atoms with Crippen molar-refractivity contribution in [3.8, 4) is 10.9 Å². The molecule has 0 bridgehead atoms. The van der Waals surface area contributed by atoms with Crippen LogP contribution in [0.3, 0.4) is 0 Å². The minimum absolute atomic E-state index is 0.0750. The van der Waals surface area contributed by atoms with Crippen LogP contribution >= 0.6 is 23.6 Å². The summed E-state index contributed by atoms with van der Waals surface area (Å²) in [5, 5.41) is 9.95. The summed E-state index contributed by atoms with van der Waals surface area (Å²) in [4.78, 5) is 23.8. The first-order valence-corrected chi connectivity index (χ1v) is 14.5. The zero-order valence-corrected chi connectivity index (χ0v) is 24.2. The fourth-order valence-corrected chi connectivity index (χ4v) is 6.32. The van der Waals surface area contributed by atoms with Gasteiger partial charge in [-0.15, -0.1) is 11.3 Å². The molecule has 2 atom stereocenters. The summed E-state index contributed by atoms with van der Waals surface area (Å²) in [5.74, 6) is 0.415. The Morgan fingerprint density at radius 2 is 1.80 bits per heavy atom. The van der Waals surface area contributed by atoms with Gasteiger partial charge < -0.3 is 20.3 Å². The molecular formula is C31H28N6O2S2. The first-order chi connectivity index (χ1) is 20.0. The van der Waals surface area contributed by atoms with Crippen LogP contribution in [0.25, 0.3) is 5.13 Å². The van der Waals surface area contributed by atoms with Gasteiger partial charge in [0.1, 0.15) is 5.75 Å². The summed E-state index contributed by atoms with van der Waals surface area (Å²) in [6, 6.07) is 24.8. The van der Waals surface area contributed by atoms with Crippen LogP contribution in [0.4, 0.5) is 11.4 Å². The highest BCUT2D eigenvalue weighted by Gasteiger charge is 2.42. The molecule has 1 aliphatic rings. The predicted molar refractivity (Wildman–Crippen MR) is 166 cm³/mol. The number of hydrogen-bond acceptors (Lipinski definition) is 6. The van der Waals surface area contributed by atoms with Gasteiger partial charge in [-0.3, -0.25) is 14.3 Å². The van der Waals surface area contributed by atoms with E-state index in [1.54, 1.807) is 17.5 Å². The number of thiocarbonyl (C=S) groups is 1. The van der Waals surface area contributed by atoms with Crippen molar-refractivity contribution in [2.75, 3.05) is 16.8 Å². The van der Waals surface area contributed by atoms with E-state index in [9.17, 15) is 4.79 Å². The number of para-hydroxylation sites is 1. The van der Waals surface area contributed by atoms with Gasteiger partial charge in [-0.2, -0.15) is 0 Å². The second-order valence-corrected chi connectivity index (χ2v) is 10.9. The molecular weight excluding hydrogens is 553 g/mol. The number of hydrogen-bond donors (Lipinski definition) is 2. The van der Waals surface area contributed by atoms with Crippen LogP contribution in [0, 0.1) is 13.8 Å². The van der Waals surface area contributed by atoms with E-state index in [0.717, 1.165) is 33.5 Å². The lowest BCUT2D eigenvalue weighted by Crippen LogP contribution is -2.29. The average Bonchev–Trinajstić information content (AvgIpc) is 3.71. The standard InChI is InChI=1S/C31H28N6O2S2/c1-20-18-25(21(2)36(20)31-33-16-17-41-31)29-28(26-10-6-7-15-32-26)35-30(40)37(29)23-13-11-22(12-14-23)34-27(38)19-39-24-8-4-3-5-9-24/h3-18,28-29H,19H2,1-2H3,(H,34,38)(H,35,40). The quantitative estimate of drug-likeness (QED) is 0.213. The Hall–Kier alpha value is -4.54. The van der Waals surface area contributed by atoms with Gasteiger partial charge in [0.2, 0.25) is 0 Å².